The number of ether oxygens (including phenoxy) is 1. The molecule has 0 fully saturated rings. The second kappa shape index (κ2) is 8.60. The first-order chi connectivity index (χ1) is 13.8. The van der Waals surface area contributed by atoms with Crippen LogP contribution in [-0.4, -0.2) is 10.4 Å². The molecule has 1 aromatic heterocycles. The zero-order valence-electron chi connectivity index (χ0n) is 15.4. The lowest BCUT2D eigenvalue weighted by atomic mass is 10.2. The van der Waals surface area contributed by atoms with Gasteiger partial charge in [0.05, 0.1) is 17.5 Å². The van der Waals surface area contributed by atoms with Crippen LogP contribution < -0.4 is 10.3 Å². The number of pyridine rings is 1. The number of nitrogens with zero attached hydrogens (tertiary/aromatic N) is 2. The predicted octanol–water partition coefficient (Wildman–Crippen LogP) is 5.43. The van der Waals surface area contributed by atoms with Crippen molar-refractivity contribution < 1.29 is 17.9 Å². The molecule has 0 atom stereocenters. The van der Waals surface area contributed by atoms with Gasteiger partial charge < -0.3 is 4.74 Å². The summed E-state index contributed by atoms with van der Waals surface area (Å²) in [5, 5.41) is 0. The largest absolute Gasteiger partial charge is 0.465 e. The molecule has 0 amide bonds. The first-order valence-electron chi connectivity index (χ1n) is 8.67. The molecule has 0 saturated carbocycles. The van der Waals surface area contributed by atoms with Crippen LogP contribution in [0.3, 0.4) is 0 Å². The number of hydrogen-bond acceptors (Lipinski definition) is 3. The van der Waals surface area contributed by atoms with Crippen LogP contribution >= 0.6 is 0 Å². The van der Waals surface area contributed by atoms with E-state index in [1.54, 1.807) is 55.5 Å². The third kappa shape index (κ3) is 5.22. The molecule has 0 spiro atoms. The molecule has 29 heavy (non-hydrogen) atoms. The molecule has 2 aromatic carbocycles. The van der Waals surface area contributed by atoms with Crippen LogP contribution in [-0.2, 0) is 6.18 Å². The topological polar surface area (TPSA) is 43.6 Å². The Morgan fingerprint density at radius 2 is 1.62 bits per heavy atom. The van der Waals surface area contributed by atoms with E-state index in [1.165, 1.54) is 6.26 Å². The van der Waals surface area contributed by atoms with Gasteiger partial charge in [-0.25, -0.2) is 4.99 Å². The quantitative estimate of drug-likeness (QED) is 0.334. The van der Waals surface area contributed by atoms with E-state index in [-0.39, 0.29) is 5.84 Å². The summed E-state index contributed by atoms with van der Waals surface area (Å²) in [6.45, 7) is 1.66. The molecule has 4 nitrogen and oxygen atoms in total. The van der Waals surface area contributed by atoms with E-state index in [0.717, 1.165) is 16.8 Å². The minimum absolute atomic E-state index is 0.158. The van der Waals surface area contributed by atoms with Crippen molar-refractivity contribution in [3.05, 3.63) is 107 Å². The van der Waals surface area contributed by atoms with Crippen molar-refractivity contribution in [3.63, 3.8) is 0 Å². The van der Waals surface area contributed by atoms with Gasteiger partial charge in [0.1, 0.15) is 11.6 Å². The first kappa shape index (κ1) is 20.1. The molecule has 148 valence electrons. The maximum absolute atomic E-state index is 12.9. The normalized spacial score (nSPS) is 12.7. The van der Waals surface area contributed by atoms with E-state index < -0.39 is 17.3 Å². The number of hydrogen-bond donors (Lipinski definition) is 0. The van der Waals surface area contributed by atoms with E-state index in [1.807, 2.05) is 12.1 Å². The Kier molecular flexibility index (Phi) is 5.97. The lowest BCUT2D eigenvalue weighted by Gasteiger charge is -2.13. The number of halogens is 3. The molecule has 0 radical (unpaired) electrons. The molecule has 0 aliphatic carbocycles. The second-order valence-corrected chi connectivity index (χ2v) is 6.12. The van der Waals surface area contributed by atoms with Crippen LogP contribution in [0, 0.1) is 0 Å². The maximum Gasteiger partial charge on any atom is 0.416 e. The highest BCUT2D eigenvalue weighted by Gasteiger charge is 2.31. The first-order valence-corrected chi connectivity index (χ1v) is 8.67. The van der Waals surface area contributed by atoms with E-state index in [2.05, 4.69) is 4.99 Å². The van der Waals surface area contributed by atoms with Gasteiger partial charge in [0.2, 0.25) is 0 Å². The van der Waals surface area contributed by atoms with Crippen molar-refractivity contribution >= 4 is 11.5 Å². The van der Waals surface area contributed by atoms with Gasteiger partial charge in [-0.1, -0.05) is 36.4 Å². The van der Waals surface area contributed by atoms with Gasteiger partial charge in [0, 0.05) is 17.8 Å². The number of alkyl halides is 3. The van der Waals surface area contributed by atoms with E-state index >= 15 is 0 Å². The van der Waals surface area contributed by atoms with Gasteiger partial charge in [-0.3, -0.25) is 9.36 Å². The zero-order chi connectivity index (χ0) is 20.9. The summed E-state index contributed by atoms with van der Waals surface area (Å²) in [5.74, 6) is 0.733. The summed E-state index contributed by atoms with van der Waals surface area (Å²) in [6.07, 6.45) is -2.13. The highest BCUT2D eigenvalue weighted by atomic mass is 19.4. The number of aliphatic imine (C=N–C) groups is 1. The SMILES string of the molecule is CC(=COc1ccccc1)C(=Nc1ccccc1)n1ccc(C(F)(F)F)cc1=O. The predicted molar refractivity (Wildman–Crippen MR) is 105 cm³/mol. The molecule has 0 bridgehead atoms. The van der Waals surface area contributed by atoms with Crippen LogP contribution in [0.15, 0.2) is 101 Å². The van der Waals surface area contributed by atoms with Gasteiger partial charge >= 0.3 is 6.18 Å². The smallest absolute Gasteiger partial charge is 0.416 e. The van der Waals surface area contributed by atoms with Gasteiger partial charge in [-0.05, 0) is 37.3 Å². The Hall–Kier alpha value is -3.61. The molecular formula is C22H17F3N2O2. The van der Waals surface area contributed by atoms with Crippen LogP contribution in [0.2, 0.25) is 0 Å². The Balaban J connectivity index is 2.05. The molecular weight excluding hydrogens is 381 g/mol. The van der Waals surface area contributed by atoms with Gasteiger partial charge in [-0.2, -0.15) is 13.2 Å². The van der Waals surface area contributed by atoms with Crippen LogP contribution in [0.25, 0.3) is 0 Å². The van der Waals surface area contributed by atoms with E-state index in [4.69, 9.17) is 4.74 Å². The Labute approximate surface area is 165 Å². The number of rotatable bonds is 4. The standard InChI is InChI=1S/C22H17F3N2O2/c1-16(15-29-19-10-6-3-7-11-19)21(26-18-8-4-2-5-9-18)27-13-12-17(14-20(27)28)22(23,24)25/h2-15H,1H3. The Morgan fingerprint density at radius 1 is 1.00 bits per heavy atom. The van der Waals surface area contributed by atoms with Crippen molar-refractivity contribution in [1.29, 1.82) is 0 Å². The molecule has 0 saturated heterocycles. The molecule has 0 aliphatic heterocycles. The van der Waals surface area contributed by atoms with Crippen LogP contribution in [0.1, 0.15) is 12.5 Å². The number of para-hydroxylation sites is 2. The molecule has 7 heteroatoms. The molecule has 0 N–H and O–H groups in total. The van der Waals surface area contributed by atoms with Crippen LogP contribution in [0.5, 0.6) is 5.75 Å². The summed E-state index contributed by atoms with van der Waals surface area (Å²) in [6, 6.07) is 19.1. The Bertz CT molecular complexity index is 1090. The maximum atomic E-state index is 12.9. The zero-order valence-corrected chi connectivity index (χ0v) is 15.4. The minimum atomic E-state index is -4.60. The van der Waals surface area contributed by atoms with Gasteiger partial charge in [0.25, 0.3) is 5.56 Å². The van der Waals surface area contributed by atoms with Crippen molar-refractivity contribution in [2.45, 2.75) is 13.1 Å². The summed E-state index contributed by atoms with van der Waals surface area (Å²) in [4.78, 5) is 16.9. The highest BCUT2D eigenvalue weighted by molar-refractivity contribution is 6.00. The second-order valence-electron chi connectivity index (χ2n) is 6.12. The monoisotopic (exact) mass is 398 g/mol. The van der Waals surface area contributed by atoms with Crippen LogP contribution in [0.4, 0.5) is 18.9 Å². The van der Waals surface area contributed by atoms with Gasteiger partial charge in [0.15, 0.2) is 0 Å². The lowest BCUT2D eigenvalue weighted by molar-refractivity contribution is -0.137. The van der Waals surface area contributed by atoms with Gasteiger partial charge in [-0.15, -0.1) is 0 Å². The van der Waals surface area contributed by atoms with Crippen molar-refractivity contribution in [1.82, 2.24) is 4.57 Å². The highest BCUT2D eigenvalue weighted by Crippen LogP contribution is 2.27. The molecule has 3 aromatic rings. The molecule has 3 rings (SSSR count). The van der Waals surface area contributed by atoms with Crippen molar-refractivity contribution in [2.75, 3.05) is 0 Å². The Morgan fingerprint density at radius 3 is 2.21 bits per heavy atom. The van der Waals surface area contributed by atoms with E-state index in [0.29, 0.717) is 23.1 Å². The molecule has 1 heterocycles. The average molecular weight is 398 g/mol. The summed E-state index contributed by atoms with van der Waals surface area (Å²) in [5.41, 5.74) is -0.858. The van der Waals surface area contributed by atoms with Crippen molar-refractivity contribution in [3.8, 4) is 5.75 Å². The fourth-order valence-electron chi connectivity index (χ4n) is 2.50. The number of benzene rings is 2. The summed E-state index contributed by atoms with van der Waals surface area (Å²) < 4.78 is 45.4. The average Bonchev–Trinajstić information content (AvgIpc) is 2.71. The lowest BCUT2D eigenvalue weighted by Crippen LogP contribution is -2.28. The van der Waals surface area contributed by atoms with Crippen molar-refractivity contribution in [2.24, 2.45) is 4.99 Å². The number of aromatic nitrogens is 1. The third-order valence-corrected chi connectivity index (χ3v) is 3.93. The van der Waals surface area contributed by atoms with E-state index in [9.17, 15) is 18.0 Å². The fourth-order valence-corrected chi connectivity index (χ4v) is 2.50. The number of allylic oxidation sites excluding steroid dienone is 1. The summed E-state index contributed by atoms with van der Waals surface area (Å²) in [7, 11) is 0. The molecule has 0 aliphatic rings. The molecule has 0 unspecified atom stereocenters. The summed E-state index contributed by atoms with van der Waals surface area (Å²) >= 11 is 0. The fraction of sp³-hybridized carbons (Fsp3) is 0.0909. The third-order valence-electron chi connectivity index (χ3n) is 3.93. The minimum Gasteiger partial charge on any atom is -0.465 e.